The number of rotatable bonds is 29. The Labute approximate surface area is 237 Å². The van der Waals surface area contributed by atoms with Crippen LogP contribution in [0.15, 0.2) is 0 Å². The first kappa shape index (κ1) is 35.4. The molecule has 0 radical (unpaired) electrons. The molecule has 1 aliphatic rings. The van der Waals surface area contributed by atoms with E-state index in [4.69, 9.17) is 9.47 Å². The summed E-state index contributed by atoms with van der Waals surface area (Å²) in [5, 5.41) is 0. The summed E-state index contributed by atoms with van der Waals surface area (Å²) < 4.78 is 16.6. The fourth-order valence-corrected chi connectivity index (χ4v) is 5.41. The lowest BCUT2D eigenvalue weighted by atomic mass is 10.0. The predicted octanol–water partition coefficient (Wildman–Crippen LogP) is 8.58. The zero-order chi connectivity index (χ0) is 27.7. The van der Waals surface area contributed by atoms with Crippen LogP contribution in [0.25, 0.3) is 0 Å². The number of hydrogen-bond acceptors (Lipinski definition) is 5. The molecule has 38 heavy (non-hydrogen) atoms. The van der Waals surface area contributed by atoms with Crippen molar-refractivity contribution in [2.75, 3.05) is 47.6 Å². The van der Waals surface area contributed by atoms with Crippen molar-refractivity contribution in [3.05, 3.63) is 0 Å². The number of likely N-dealkylation sites (N-methyl/N-ethyl adjacent to an activating group) is 1. The van der Waals surface area contributed by atoms with Gasteiger partial charge in [0.2, 0.25) is 0 Å². The Balaban J connectivity index is 1.83. The fourth-order valence-electron chi connectivity index (χ4n) is 5.41. The Morgan fingerprint density at radius 3 is 1.61 bits per heavy atom. The molecule has 3 unspecified atom stereocenters. The molecule has 226 valence electrons. The molecule has 1 aliphatic carbocycles. The van der Waals surface area contributed by atoms with E-state index in [1.807, 2.05) is 0 Å². The third-order valence-corrected chi connectivity index (χ3v) is 8.36. The zero-order valence-corrected chi connectivity index (χ0v) is 26.0. The van der Waals surface area contributed by atoms with Crippen LogP contribution in [0.4, 0.5) is 0 Å². The molecule has 1 fully saturated rings. The summed E-state index contributed by atoms with van der Waals surface area (Å²) in [4.78, 5) is 13.3. The minimum atomic E-state index is -0.101. The van der Waals surface area contributed by atoms with E-state index in [0.29, 0.717) is 12.5 Å². The maximum Gasteiger partial charge on any atom is 0.305 e. The monoisotopic (exact) mass is 539 g/mol. The van der Waals surface area contributed by atoms with Crippen LogP contribution in [0, 0.1) is 11.8 Å². The average Bonchev–Trinajstić information content (AvgIpc) is 3.66. The van der Waals surface area contributed by atoms with Crippen LogP contribution in [-0.2, 0) is 19.0 Å². The normalized spacial score (nSPS) is 17.7. The van der Waals surface area contributed by atoms with Crippen molar-refractivity contribution in [1.82, 2.24) is 4.90 Å². The lowest BCUT2D eigenvalue weighted by molar-refractivity contribution is -0.140. The Bertz CT molecular complexity index is 527. The van der Waals surface area contributed by atoms with Gasteiger partial charge in [-0.15, -0.1) is 0 Å². The molecule has 0 amide bonds. The van der Waals surface area contributed by atoms with E-state index < -0.39 is 0 Å². The highest BCUT2D eigenvalue weighted by molar-refractivity contribution is 5.68. The second-order valence-corrected chi connectivity index (χ2v) is 12.1. The Kier molecular flexibility index (Phi) is 23.6. The number of carbonyl (C=O) groups is 1. The van der Waals surface area contributed by atoms with Gasteiger partial charge < -0.3 is 19.1 Å². The van der Waals surface area contributed by atoms with E-state index >= 15 is 0 Å². The minimum absolute atomic E-state index is 0.101. The second-order valence-electron chi connectivity index (χ2n) is 12.1. The average molecular weight is 540 g/mol. The summed E-state index contributed by atoms with van der Waals surface area (Å²) in [5.41, 5.74) is 0. The first-order chi connectivity index (χ1) is 18.6. The molecule has 5 nitrogen and oxygen atoms in total. The SMILES string of the molecule is CCCCCCCCC1CC1CCCCCCCCOCC(COCCCCCCCC(=O)OC)N(C)C. The number of unbranched alkanes of at least 4 members (excludes halogenated alkanes) is 14. The highest BCUT2D eigenvalue weighted by Crippen LogP contribution is 2.45. The molecule has 0 spiro atoms. The fraction of sp³-hybridized carbons (Fsp3) is 0.970. The van der Waals surface area contributed by atoms with E-state index in [9.17, 15) is 4.79 Å². The Hall–Kier alpha value is -0.650. The van der Waals surface area contributed by atoms with Crippen molar-refractivity contribution in [3.63, 3.8) is 0 Å². The number of carbonyl (C=O) groups excluding carboxylic acids is 1. The van der Waals surface area contributed by atoms with Crippen LogP contribution in [0.1, 0.15) is 142 Å². The van der Waals surface area contributed by atoms with Gasteiger partial charge in [0.15, 0.2) is 0 Å². The molecule has 0 saturated heterocycles. The number of ether oxygens (including phenoxy) is 3. The Morgan fingerprint density at radius 1 is 0.684 bits per heavy atom. The van der Waals surface area contributed by atoms with Gasteiger partial charge in [0, 0.05) is 19.6 Å². The van der Waals surface area contributed by atoms with Crippen molar-refractivity contribution >= 4 is 5.97 Å². The lowest BCUT2D eigenvalue weighted by Crippen LogP contribution is -2.37. The minimum Gasteiger partial charge on any atom is -0.469 e. The summed E-state index contributed by atoms with van der Waals surface area (Å²) in [7, 11) is 5.67. The van der Waals surface area contributed by atoms with Gasteiger partial charge >= 0.3 is 5.97 Å². The van der Waals surface area contributed by atoms with Crippen molar-refractivity contribution in [1.29, 1.82) is 0 Å². The molecule has 1 rings (SSSR count). The van der Waals surface area contributed by atoms with Crippen LogP contribution in [0.5, 0.6) is 0 Å². The zero-order valence-electron chi connectivity index (χ0n) is 26.0. The van der Waals surface area contributed by atoms with E-state index in [1.54, 1.807) is 0 Å². The highest BCUT2D eigenvalue weighted by atomic mass is 16.5. The molecule has 5 heteroatoms. The van der Waals surface area contributed by atoms with Crippen molar-refractivity contribution in [2.24, 2.45) is 11.8 Å². The van der Waals surface area contributed by atoms with E-state index in [-0.39, 0.29) is 5.97 Å². The van der Waals surface area contributed by atoms with Gasteiger partial charge in [0.1, 0.15) is 0 Å². The molecule has 0 heterocycles. The van der Waals surface area contributed by atoms with Crippen molar-refractivity contribution in [3.8, 4) is 0 Å². The summed E-state index contributed by atoms with van der Waals surface area (Å²) in [6.45, 7) is 5.46. The van der Waals surface area contributed by atoms with Crippen LogP contribution in [0.3, 0.4) is 0 Å². The van der Waals surface area contributed by atoms with Gasteiger partial charge in [-0.25, -0.2) is 0 Å². The third-order valence-electron chi connectivity index (χ3n) is 8.36. The number of nitrogens with zero attached hydrogens (tertiary/aromatic N) is 1. The molecule has 0 bridgehead atoms. The van der Waals surface area contributed by atoms with Gasteiger partial charge in [-0.2, -0.15) is 0 Å². The predicted molar refractivity (Wildman–Crippen MR) is 161 cm³/mol. The van der Waals surface area contributed by atoms with E-state index in [2.05, 4.69) is 30.7 Å². The lowest BCUT2D eigenvalue weighted by Gasteiger charge is -2.24. The van der Waals surface area contributed by atoms with Crippen LogP contribution < -0.4 is 0 Å². The van der Waals surface area contributed by atoms with Gasteiger partial charge in [-0.05, 0) is 51.6 Å². The van der Waals surface area contributed by atoms with E-state index in [0.717, 1.165) is 70.4 Å². The van der Waals surface area contributed by atoms with Crippen LogP contribution in [0.2, 0.25) is 0 Å². The number of hydrogen-bond donors (Lipinski definition) is 0. The Morgan fingerprint density at radius 2 is 1.13 bits per heavy atom. The van der Waals surface area contributed by atoms with Gasteiger partial charge in [-0.3, -0.25) is 4.79 Å². The molecule has 3 atom stereocenters. The highest BCUT2D eigenvalue weighted by Gasteiger charge is 2.34. The molecule has 0 aromatic carbocycles. The second kappa shape index (κ2) is 25.3. The van der Waals surface area contributed by atoms with Crippen molar-refractivity contribution < 1.29 is 19.0 Å². The standard InChI is InChI=1S/C33H65NO4/c1-5-6-7-8-12-17-22-30-27-31(30)23-18-13-9-10-15-20-25-37-28-32(34(2)3)29-38-26-21-16-11-14-19-24-33(35)36-4/h30-32H,5-29H2,1-4H3. The molecule has 0 N–H and O–H groups in total. The first-order valence-corrected chi connectivity index (χ1v) is 16.5. The summed E-state index contributed by atoms with van der Waals surface area (Å²) >= 11 is 0. The van der Waals surface area contributed by atoms with Crippen molar-refractivity contribution in [2.45, 2.75) is 148 Å². The summed E-state index contributed by atoms with van der Waals surface area (Å²) in [6.07, 6.45) is 27.3. The van der Waals surface area contributed by atoms with Gasteiger partial charge in [0.05, 0.1) is 26.4 Å². The number of methoxy groups -OCH3 is 1. The topological polar surface area (TPSA) is 48.0 Å². The third kappa shape index (κ3) is 21.2. The molecular formula is C33H65NO4. The molecule has 0 aromatic heterocycles. The first-order valence-electron chi connectivity index (χ1n) is 16.5. The molecular weight excluding hydrogens is 474 g/mol. The molecule has 0 aliphatic heterocycles. The largest absolute Gasteiger partial charge is 0.469 e. The molecule has 1 saturated carbocycles. The van der Waals surface area contributed by atoms with E-state index in [1.165, 1.54) is 103 Å². The van der Waals surface area contributed by atoms with Gasteiger partial charge in [-0.1, -0.05) is 110 Å². The maximum absolute atomic E-state index is 11.1. The van der Waals surface area contributed by atoms with Crippen LogP contribution in [-0.4, -0.2) is 64.5 Å². The summed E-state index contributed by atoms with van der Waals surface area (Å²) in [5.74, 6) is 2.07. The van der Waals surface area contributed by atoms with Crippen LogP contribution >= 0.6 is 0 Å². The smallest absolute Gasteiger partial charge is 0.305 e. The quantitative estimate of drug-likeness (QED) is 0.0703. The number of esters is 1. The summed E-state index contributed by atoms with van der Waals surface area (Å²) in [6, 6.07) is 0.322. The maximum atomic E-state index is 11.1. The van der Waals surface area contributed by atoms with Gasteiger partial charge in [0.25, 0.3) is 0 Å². The molecule has 0 aromatic rings.